The van der Waals surface area contributed by atoms with E-state index in [9.17, 15) is 8.78 Å². The quantitative estimate of drug-likeness (QED) is 0.140. The molecule has 4 aromatic carbocycles. The fourth-order valence-corrected chi connectivity index (χ4v) is 7.53. The molecule has 0 radical (unpaired) electrons. The number of rotatable bonds is 10. The van der Waals surface area contributed by atoms with E-state index < -0.39 is 11.6 Å². The summed E-state index contributed by atoms with van der Waals surface area (Å²) in [5.41, 5.74) is 9.14. The molecule has 6 nitrogen and oxygen atoms in total. The van der Waals surface area contributed by atoms with Crippen molar-refractivity contribution in [3.05, 3.63) is 180 Å². The first-order valence-electron chi connectivity index (χ1n) is 19.3. The van der Waals surface area contributed by atoms with Crippen molar-refractivity contribution >= 4 is 0 Å². The van der Waals surface area contributed by atoms with E-state index in [-0.39, 0.29) is 6.04 Å². The van der Waals surface area contributed by atoms with Crippen LogP contribution < -0.4 is 0 Å². The van der Waals surface area contributed by atoms with Gasteiger partial charge in [0.25, 0.3) is 0 Å². The van der Waals surface area contributed by atoms with Crippen LogP contribution in [0.3, 0.4) is 0 Å². The predicted octanol–water partition coefficient (Wildman–Crippen LogP) is 8.97. The number of aromatic nitrogens is 2. The molecule has 0 saturated carbocycles. The molecular formula is C47H50F2N6. The first-order valence-corrected chi connectivity index (χ1v) is 19.3. The molecule has 1 aliphatic rings. The van der Waals surface area contributed by atoms with Gasteiger partial charge < -0.3 is 0 Å². The maximum Gasteiger partial charge on any atom is 0.126 e. The lowest BCUT2D eigenvalue weighted by Gasteiger charge is -2.37. The second-order valence-electron chi connectivity index (χ2n) is 14.6. The highest BCUT2D eigenvalue weighted by atomic mass is 19.1. The highest BCUT2D eigenvalue weighted by molar-refractivity contribution is 5.63. The zero-order chi connectivity index (χ0) is 37.8. The van der Waals surface area contributed by atoms with Gasteiger partial charge in [-0.15, -0.1) is 0 Å². The molecule has 1 fully saturated rings. The Morgan fingerprint density at radius 3 is 1.27 bits per heavy atom. The standard InChI is InChI=1S/C47H50F2N6/c1-37(41-5-3-2-4-6-41)55-29-27-53(34-38-7-11-42(12-8-38)44-15-19-50-20-16-44)25-23-52(36-40-31-46(48)33-47(49)32-40)24-26-54(28-30-55)35-39-9-13-43(14-10-39)45-17-21-51-22-18-45/h2-22,31-33,37H,23-30,34-36H2,1H3/t37-/m1/s1. The molecule has 8 heteroatoms. The van der Waals surface area contributed by atoms with Crippen LogP contribution >= 0.6 is 0 Å². The second-order valence-corrected chi connectivity index (χ2v) is 14.6. The van der Waals surface area contributed by atoms with Crippen LogP contribution in [-0.4, -0.2) is 81.9 Å². The van der Waals surface area contributed by atoms with Crippen LogP contribution in [0.25, 0.3) is 22.3 Å². The number of nitrogens with zero attached hydrogens (tertiary/aromatic N) is 6. The van der Waals surface area contributed by atoms with Gasteiger partial charge in [-0.2, -0.15) is 0 Å². The second kappa shape index (κ2) is 19.0. The minimum absolute atomic E-state index is 0.256. The van der Waals surface area contributed by atoms with Crippen LogP contribution in [0.15, 0.2) is 146 Å². The topological polar surface area (TPSA) is 38.7 Å². The van der Waals surface area contributed by atoms with E-state index in [0.29, 0.717) is 12.1 Å². The molecule has 1 saturated heterocycles. The van der Waals surface area contributed by atoms with E-state index in [1.807, 2.05) is 49.1 Å². The van der Waals surface area contributed by atoms with Gasteiger partial charge in [-0.25, -0.2) is 8.78 Å². The van der Waals surface area contributed by atoms with Crippen molar-refractivity contribution in [2.24, 2.45) is 0 Å². The Labute approximate surface area is 324 Å². The number of benzene rings is 4. The van der Waals surface area contributed by atoms with Crippen LogP contribution in [0.2, 0.25) is 0 Å². The Kier molecular flexibility index (Phi) is 13.2. The van der Waals surface area contributed by atoms with E-state index in [0.717, 1.165) is 82.6 Å². The minimum atomic E-state index is -0.536. The Morgan fingerprint density at radius 2 is 0.836 bits per heavy atom. The fourth-order valence-electron chi connectivity index (χ4n) is 7.53. The molecule has 282 valence electrons. The SMILES string of the molecule is C[C@H](c1ccccc1)N1CCN(Cc2ccc(-c3ccncc3)cc2)CCN(Cc2cc(F)cc(F)c2)CCN(Cc2ccc(-c3ccncc3)cc2)CC1. The molecule has 0 amide bonds. The predicted molar refractivity (Wildman–Crippen MR) is 218 cm³/mol. The van der Waals surface area contributed by atoms with Crippen LogP contribution in [0.5, 0.6) is 0 Å². The molecule has 1 aliphatic heterocycles. The molecule has 0 bridgehead atoms. The van der Waals surface area contributed by atoms with Crippen molar-refractivity contribution in [2.45, 2.75) is 32.6 Å². The van der Waals surface area contributed by atoms with Gasteiger partial charge in [0, 0.05) is 109 Å². The molecule has 0 unspecified atom stereocenters. The zero-order valence-electron chi connectivity index (χ0n) is 31.7. The van der Waals surface area contributed by atoms with Crippen molar-refractivity contribution in [1.82, 2.24) is 29.6 Å². The summed E-state index contributed by atoms with van der Waals surface area (Å²) in [6, 6.07) is 40.8. The Morgan fingerprint density at radius 1 is 0.455 bits per heavy atom. The van der Waals surface area contributed by atoms with Gasteiger partial charge in [-0.3, -0.25) is 29.6 Å². The summed E-state index contributed by atoms with van der Waals surface area (Å²) in [4.78, 5) is 18.4. The third-order valence-corrected chi connectivity index (χ3v) is 10.8. The third-order valence-electron chi connectivity index (χ3n) is 10.8. The van der Waals surface area contributed by atoms with Gasteiger partial charge in [-0.05, 0) is 87.8 Å². The van der Waals surface area contributed by atoms with Crippen molar-refractivity contribution in [3.8, 4) is 22.3 Å². The van der Waals surface area contributed by atoms with Crippen molar-refractivity contribution in [2.75, 3.05) is 52.4 Å². The molecule has 7 rings (SSSR count). The largest absolute Gasteiger partial charge is 0.297 e. The molecule has 3 heterocycles. The third kappa shape index (κ3) is 11.0. The molecule has 55 heavy (non-hydrogen) atoms. The summed E-state index contributed by atoms with van der Waals surface area (Å²) in [6.45, 7) is 11.2. The summed E-state index contributed by atoms with van der Waals surface area (Å²) in [5, 5.41) is 0. The Balaban J connectivity index is 1.13. The monoisotopic (exact) mass is 736 g/mol. The summed E-state index contributed by atoms with van der Waals surface area (Å²) < 4.78 is 28.7. The van der Waals surface area contributed by atoms with E-state index in [4.69, 9.17) is 0 Å². The van der Waals surface area contributed by atoms with Gasteiger partial charge in [0.2, 0.25) is 0 Å². The maximum atomic E-state index is 14.4. The minimum Gasteiger partial charge on any atom is -0.297 e. The van der Waals surface area contributed by atoms with Crippen molar-refractivity contribution in [3.63, 3.8) is 0 Å². The summed E-state index contributed by atoms with van der Waals surface area (Å²) in [6.07, 6.45) is 7.30. The average molecular weight is 737 g/mol. The molecule has 6 aromatic rings. The maximum absolute atomic E-state index is 14.4. The molecule has 2 aromatic heterocycles. The van der Waals surface area contributed by atoms with Gasteiger partial charge >= 0.3 is 0 Å². The van der Waals surface area contributed by atoms with E-state index in [2.05, 4.69) is 115 Å². The fraction of sp³-hybridized carbons (Fsp3) is 0.277. The molecule has 0 spiro atoms. The van der Waals surface area contributed by atoms with Crippen molar-refractivity contribution < 1.29 is 8.78 Å². The lowest BCUT2D eigenvalue weighted by Crippen LogP contribution is -2.46. The Bertz CT molecular complexity index is 1930. The number of halogens is 2. The van der Waals surface area contributed by atoms with Gasteiger partial charge in [0.1, 0.15) is 11.6 Å². The van der Waals surface area contributed by atoms with E-state index in [1.54, 1.807) is 0 Å². The molecular weight excluding hydrogens is 687 g/mol. The molecule has 1 atom stereocenters. The average Bonchev–Trinajstić information content (AvgIpc) is 3.21. The first-order chi connectivity index (χ1) is 26.9. The van der Waals surface area contributed by atoms with Gasteiger partial charge in [0.05, 0.1) is 0 Å². The van der Waals surface area contributed by atoms with Gasteiger partial charge in [-0.1, -0.05) is 78.9 Å². The van der Waals surface area contributed by atoms with E-state index >= 15 is 0 Å². The normalized spacial score (nSPS) is 16.3. The zero-order valence-corrected chi connectivity index (χ0v) is 31.7. The summed E-state index contributed by atoms with van der Waals surface area (Å²) in [5.74, 6) is -1.07. The Hall–Kier alpha value is -5.12. The smallest absolute Gasteiger partial charge is 0.126 e. The summed E-state index contributed by atoms with van der Waals surface area (Å²) in [7, 11) is 0. The lowest BCUT2D eigenvalue weighted by atomic mass is 10.0. The molecule has 0 aliphatic carbocycles. The van der Waals surface area contributed by atoms with E-state index in [1.165, 1.54) is 39.9 Å². The highest BCUT2D eigenvalue weighted by Crippen LogP contribution is 2.24. The van der Waals surface area contributed by atoms with Crippen LogP contribution in [-0.2, 0) is 19.6 Å². The summed E-state index contributed by atoms with van der Waals surface area (Å²) >= 11 is 0. The van der Waals surface area contributed by atoms with Crippen molar-refractivity contribution in [1.29, 1.82) is 0 Å². The number of hydrogen-bond acceptors (Lipinski definition) is 6. The highest BCUT2D eigenvalue weighted by Gasteiger charge is 2.21. The van der Waals surface area contributed by atoms with Crippen LogP contribution in [0, 0.1) is 11.6 Å². The van der Waals surface area contributed by atoms with Crippen LogP contribution in [0.4, 0.5) is 8.78 Å². The molecule has 0 N–H and O–H groups in total. The van der Waals surface area contributed by atoms with Gasteiger partial charge in [0.15, 0.2) is 0 Å². The first kappa shape index (κ1) is 38.2. The number of hydrogen-bond donors (Lipinski definition) is 0. The lowest BCUT2D eigenvalue weighted by molar-refractivity contribution is 0.108. The number of pyridine rings is 2. The van der Waals surface area contributed by atoms with Crippen LogP contribution in [0.1, 0.15) is 35.2 Å².